The van der Waals surface area contributed by atoms with Crippen molar-refractivity contribution >= 4 is 5.97 Å². The van der Waals surface area contributed by atoms with Crippen molar-refractivity contribution in [2.75, 3.05) is 19.8 Å². The van der Waals surface area contributed by atoms with Gasteiger partial charge in [-0.05, 0) is 19.5 Å². The number of carbonyl (C=O) groups excluding carboxylic acids is 1. The molecular formula is C15H21NO4. The Kier molecular flexibility index (Phi) is 5.24. The molecule has 1 saturated heterocycles. The van der Waals surface area contributed by atoms with Crippen LogP contribution in [-0.4, -0.2) is 31.8 Å². The number of hydrogen-bond acceptors (Lipinski definition) is 5. The molecule has 5 nitrogen and oxygen atoms in total. The molecule has 0 aromatic heterocycles. The van der Waals surface area contributed by atoms with Gasteiger partial charge in [-0.15, -0.1) is 0 Å². The number of nitrogens with one attached hydrogen (secondary N) is 1. The quantitative estimate of drug-likeness (QED) is 0.772. The van der Waals surface area contributed by atoms with Gasteiger partial charge in [-0.25, -0.2) is 4.79 Å². The fraction of sp³-hybridized carbons (Fsp3) is 0.533. The van der Waals surface area contributed by atoms with E-state index in [0.717, 1.165) is 12.1 Å². The van der Waals surface area contributed by atoms with E-state index >= 15 is 0 Å². The largest absolute Gasteiger partial charge is 0.490 e. The maximum atomic E-state index is 11.6. The highest BCUT2D eigenvalue weighted by atomic mass is 16.6. The van der Waals surface area contributed by atoms with Gasteiger partial charge in [-0.3, -0.25) is 0 Å². The monoisotopic (exact) mass is 279 g/mol. The molecule has 1 aliphatic rings. The number of benzene rings is 1. The second-order valence-electron chi connectivity index (χ2n) is 4.52. The highest BCUT2D eigenvalue weighted by molar-refractivity contribution is 5.77. The predicted octanol–water partition coefficient (Wildman–Crippen LogP) is 1.89. The van der Waals surface area contributed by atoms with Crippen LogP contribution in [0.3, 0.4) is 0 Å². The molecule has 1 N–H and O–H groups in total. The fourth-order valence-electron chi connectivity index (χ4n) is 2.09. The summed E-state index contributed by atoms with van der Waals surface area (Å²) in [6.45, 7) is 6.48. The lowest BCUT2D eigenvalue weighted by atomic mass is 10.1. The first-order valence-electron chi connectivity index (χ1n) is 7.05. The molecule has 1 atom stereocenters. The molecule has 0 spiro atoms. The van der Waals surface area contributed by atoms with E-state index in [4.69, 9.17) is 14.2 Å². The van der Waals surface area contributed by atoms with E-state index in [-0.39, 0.29) is 5.97 Å². The maximum absolute atomic E-state index is 11.6. The Labute approximate surface area is 119 Å². The number of carbonyl (C=O) groups is 1. The SMILES string of the molecule is CCNCc1cccc(OCC)c1OC1CCOC1=O. The minimum atomic E-state index is -0.531. The van der Waals surface area contributed by atoms with Crippen LogP contribution in [0.2, 0.25) is 0 Å². The number of cyclic esters (lactones) is 1. The van der Waals surface area contributed by atoms with Crippen LogP contribution in [0.25, 0.3) is 0 Å². The third kappa shape index (κ3) is 3.42. The lowest BCUT2D eigenvalue weighted by Gasteiger charge is -2.18. The van der Waals surface area contributed by atoms with Crippen LogP contribution in [0.15, 0.2) is 18.2 Å². The molecule has 2 rings (SSSR count). The molecule has 20 heavy (non-hydrogen) atoms. The molecule has 5 heteroatoms. The second kappa shape index (κ2) is 7.14. The van der Waals surface area contributed by atoms with Crippen molar-refractivity contribution in [3.8, 4) is 11.5 Å². The summed E-state index contributed by atoms with van der Waals surface area (Å²) in [6, 6.07) is 5.76. The topological polar surface area (TPSA) is 56.8 Å². The van der Waals surface area contributed by atoms with Crippen LogP contribution in [0, 0.1) is 0 Å². The van der Waals surface area contributed by atoms with Crippen LogP contribution in [0.1, 0.15) is 25.8 Å². The van der Waals surface area contributed by atoms with Crippen LogP contribution in [0.5, 0.6) is 11.5 Å². The van der Waals surface area contributed by atoms with Gasteiger partial charge in [0.05, 0.1) is 13.2 Å². The molecule has 0 amide bonds. The number of rotatable bonds is 7. The molecule has 1 aromatic rings. The van der Waals surface area contributed by atoms with Gasteiger partial charge >= 0.3 is 5.97 Å². The molecule has 1 aliphatic heterocycles. The lowest BCUT2D eigenvalue weighted by Crippen LogP contribution is -2.23. The average Bonchev–Trinajstić information content (AvgIpc) is 2.85. The fourth-order valence-corrected chi connectivity index (χ4v) is 2.09. The van der Waals surface area contributed by atoms with Gasteiger partial charge in [0.2, 0.25) is 0 Å². The minimum Gasteiger partial charge on any atom is -0.490 e. The smallest absolute Gasteiger partial charge is 0.347 e. The van der Waals surface area contributed by atoms with Crippen LogP contribution in [0.4, 0.5) is 0 Å². The summed E-state index contributed by atoms with van der Waals surface area (Å²) in [5.74, 6) is 1.01. The summed E-state index contributed by atoms with van der Waals surface area (Å²) in [6.07, 6.45) is 0.0527. The van der Waals surface area contributed by atoms with Gasteiger partial charge in [0.15, 0.2) is 17.6 Å². The molecule has 1 unspecified atom stereocenters. The molecule has 0 saturated carbocycles. The van der Waals surface area contributed by atoms with Crippen LogP contribution >= 0.6 is 0 Å². The summed E-state index contributed by atoms with van der Waals surface area (Å²) in [5.41, 5.74) is 0.984. The first-order chi connectivity index (χ1) is 9.76. The third-order valence-corrected chi connectivity index (χ3v) is 3.07. The highest BCUT2D eigenvalue weighted by Gasteiger charge is 2.30. The van der Waals surface area contributed by atoms with Gasteiger partial charge in [-0.1, -0.05) is 19.1 Å². The van der Waals surface area contributed by atoms with Crippen molar-refractivity contribution in [2.24, 2.45) is 0 Å². The van der Waals surface area contributed by atoms with Crippen molar-refractivity contribution in [3.05, 3.63) is 23.8 Å². The number of ether oxygens (including phenoxy) is 3. The molecule has 0 bridgehead atoms. The molecule has 0 radical (unpaired) electrons. The van der Waals surface area contributed by atoms with Gasteiger partial charge in [-0.2, -0.15) is 0 Å². The normalized spacial score (nSPS) is 17.9. The van der Waals surface area contributed by atoms with E-state index in [9.17, 15) is 4.79 Å². The Morgan fingerprint density at radius 1 is 1.40 bits per heavy atom. The van der Waals surface area contributed by atoms with Crippen molar-refractivity contribution in [1.29, 1.82) is 0 Å². The Hall–Kier alpha value is -1.75. The molecule has 1 aromatic carbocycles. The molecule has 110 valence electrons. The highest BCUT2D eigenvalue weighted by Crippen LogP contribution is 2.33. The Morgan fingerprint density at radius 3 is 2.90 bits per heavy atom. The molecular weight excluding hydrogens is 258 g/mol. The summed E-state index contributed by atoms with van der Waals surface area (Å²) >= 11 is 0. The zero-order valence-corrected chi connectivity index (χ0v) is 12.0. The van der Waals surface area contributed by atoms with Crippen molar-refractivity contribution < 1.29 is 19.0 Å². The maximum Gasteiger partial charge on any atom is 0.347 e. The summed E-state index contributed by atoms with van der Waals surface area (Å²) < 4.78 is 16.4. The number of para-hydroxylation sites is 1. The first kappa shape index (κ1) is 14.7. The zero-order chi connectivity index (χ0) is 14.4. The first-order valence-corrected chi connectivity index (χ1v) is 7.05. The summed E-state index contributed by atoms with van der Waals surface area (Å²) in [5, 5.41) is 3.26. The van der Waals surface area contributed by atoms with Gasteiger partial charge in [0.1, 0.15) is 0 Å². The van der Waals surface area contributed by atoms with Gasteiger partial charge in [0.25, 0.3) is 0 Å². The van der Waals surface area contributed by atoms with E-state index in [0.29, 0.717) is 37.7 Å². The third-order valence-electron chi connectivity index (χ3n) is 3.07. The Morgan fingerprint density at radius 2 is 2.25 bits per heavy atom. The summed E-state index contributed by atoms with van der Waals surface area (Å²) in [4.78, 5) is 11.6. The van der Waals surface area contributed by atoms with Gasteiger partial charge in [0, 0.05) is 18.5 Å². The van der Waals surface area contributed by atoms with E-state index in [1.807, 2.05) is 32.0 Å². The Bertz CT molecular complexity index is 461. The standard InChI is InChI=1S/C15H21NO4/c1-3-16-10-11-6-5-7-12(18-4-2)14(11)20-13-8-9-19-15(13)17/h5-7,13,16H,3-4,8-10H2,1-2H3. The molecule has 0 aliphatic carbocycles. The van der Waals surface area contributed by atoms with E-state index in [1.165, 1.54) is 0 Å². The second-order valence-corrected chi connectivity index (χ2v) is 4.52. The van der Waals surface area contributed by atoms with Gasteiger partial charge < -0.3 is 19.5 Å². The number of esters is 1. The zero-order valence-electron chi connectivity index (χ0n) is 12.0. The average molecular weight is 279 g/mol. The lowest BCUT2D eigenvalue weighted by molar-refractivity contribution is -0.143. The van der Waals surface area contributed by atoms with Crippen LogP contribution < -0.4 is 14.8 Å². The van der Waals surface area contributed by atoms with E-state index in [1.54, 1.807) is 0 Å². The van der Waals surface area contributed by atoms with Crippen molar-refractivity contribution in [2.45, 2.75) is 32.9 Å². The molecule has 1 fully saturated rings. The molecule has 1 heterocycles. The van der Waals surface area contributed by atoms with Crippen molar-refractivity contribution in [1.82, 2.24) is 5.32 Å². The summed E-state index contributed by atoms with van der Waals surface area (Å²) in [7, 11) is 0. The van der Waals surface area contributed by atoms with E-state index in [2.05, 4.69) is 5.32 Å². The van der Waals surface area contributed by atoms with Crippen molar-refractivity contribution in [3.63, 3.8) is 0 Å². The number of hydrogen-bond donors (Lipinski definition) is 1. The van der Waals surface area contributed by atoms with E-state index < -0.39 is 6.10 Å². The minimum absolute atomic E-state index is 0.300. The Balaban J connectivity index is 2.22. The van der Waals surface area contributed by atoms with Crippen LogP contribution in [-0.2, 0) is 16.1 Å². The predicted molar refractivity (Wildman–Crippen MR) is 75.0 cm³/mol.